The molecule has 3 saturated heterocycles. The molecule has 0 spiro atoms. The molecular formula is C72H77BrF15N9O9Si2. The van der Waals surface area contributed by atoms with Crippen LogP contribution in [0.5, 0.6) is 0 Å². The second kappa shape index (κ2) is 34.0. The van der Waals surface area contributed by atoms with E-state index in [1.807, 2.05) is 19.6 Å². The second-order valence-electron chi connectivity index (χ2n) is 27.8. The van der Waals surface area contributed by atoms with Crippen LogP contribution in [0.3, 0.4) is 0 Å². The highest BCUT2D eigenvalue weighted by Crippen LogP contribution is 2.40. The number of pyridine rings is 3. The van der Waals surface area contributed by atoms with Crippen molar-refractivity contribution >= 4 is 83.0 Å². The standard InChI is InChI=1S/C25H28F5N3O3Si.C22H20F5N3O3.C20H16F5N3O2.C5H13BrOSi/c1-37(2,3)36-11-10-31-14-18(16-4-5-20(27)19(12-16)25(28,29)30)23-21(31)7-9-33(24(23)35)15-22(34)32-8-6-17(26)13-32;23-14-3-5-29(10-14)19(32)12-30-6-4-18-20(21(30)33)15(11-28(18)7-8-31)13-1-2-17(24)16(9-13)22(25,26)27;21-12-3-5-27(9-12)17(29)10-28-6-4-16-18(19(28)30)13(8-26-16)11-1-2-15(22)14(7-11)20(23,24)25;1-8(2,3)7-5-4-6/h4-5,7,9,12,14,17H,6,8,10-11,13,15H2,1-3H3;1-2,4,6,9,11,14,31H,3,5,7-8,10,12H2;1-2,4,6-8,12,26H,3,5,9-10H2;4-5H2,1-3H3. The molecule has 3 aromatic carbocycles. The number of nitrogens with one attached hydrogen (secondary N) is 1. The van der Waals surface area contributed by atoms with E-state index in [9.17, 15) is 99.7 Å². The predicted octanol–water partition coefficient (Wildman–Crippen LogP) is 14.2. The Kier molecular flexibility index (Phi) is 26.3. The molecule has 0 radical (unpaired) electrons. The summed E-state index contributed by atoms with van der Waals surface area (Å²) >= 11 is 3.30. The van der Waals surface area contributed by atoms with Gasteiger partial charge in [0.2, 0.25) is 17.7 Å². The van der Waals surface area contributed by atoms with Gasteiger partial charge >= 0.3 is 18.5 Å². The Labute approximate surface area is 618 Å². The van der Waals surface area contributed by atoms with Crippen molar-refractivity contribution < 1.29 is 94.2 Å². The summed E-state index contributed by atoms with van der Waals surface area (Å²) in [6, 6.07) is 12.2. The van der Waals surface area contributed by atoms with E-state index >= 15 is 0 Å². The van der Waals surface area contributed by atoms with Crippen LogP contribution in [0.4, 0.5) is 65.9 Å². The average Bonchev–Trinajstić information content (AvgIpc) is 1.54. The number of benzene rings is 3. The van der Waals surface area contributed by atoms with E-state index in [2.05, 4.69) is 40.6 Å². The summed E-state index contributed by atoms with van der Waals surface area (Å²) in [4.78, 5) is 84.0. The average molecular weight is 1630 g/mol. The van der Waals surface area contributed by atoms with Crippen molar-refractivity contribution in [2.24, 2.45) is 0 Å². The first-order chi connectivity index (χ1) is 50.5. The van der Waals surface area contributed by atoms with Gasteiger partial charge in [0.1, 0.15) is 55.6 Å². The Bertz CT molecular complexity index is 4940. The monoisotopic (exact) mass is 1630 g/mol. The number of carbonyl (C=O) groups excluding carboxylic acids is 3. The minimum absolute atomic E-state index is 0.0102. The van der Waals surface area contributed by atoms with Crippen LogP contribution >= 0.6 is 15.9 Å². The summed E-state index contributed by atoms with van der Waals surface area (Å²) < 4.78 is 219. The largest absolute Gasteiger partial charge is 0.419 e. The molecule has 108 heavy (non-hydrogen) atoms. The van der Waals surface area contributed by atoms with Crippen molar-refractivity contribution in [2.45, 2.75) is 128 Å². The fourth-order valence-corrected chi connectivity index (χ4v) is 14.4. The first-order valence-electron chi connectivity index (χ1n) is 34.0. The van der Waals surface area contributed by atoms with Crippen LogP contribution in [-0.2, 0) is 74.5 Å². The molecule has 36 heteroatoms. The van der Waals surface area contributed by atoms with Gasteiger partial charge < -0.3 is 56.5 Å². The van der Waals surface area contributed by atoms with Crippen molar-refractivity contribution in [1.82, 2.24) is 42.5 Å². The van der Waals surface area contributed by atoms with E-state index in [0.29, 0.717) is 60.0 Å². The Hall–Kier alpha value is -8.72. The van der Waals surface area contributed by atoms with Gasteiger partial charge in [-0.1, -0.05) is 34.1 Å². The molecule has 12 rings (SSSR count). The molecule has 3 aliphatic rings. The quantitative estimate of drug-likeness (QED) is 0.0478. The van der Waals surface area contributed by atoms with Gasteiger partial charge in [0.25, 0.3) is 16.7 Å². The van der Waals surface area contributed by atoms with Crippen LogP contribution < -0.4 is 16.7 Å². The highest BCUT2D eigenvalue weighted by atomic mass is 79.9. The molecule has 3 atom stereocenters. The zero-order valence-corrected chi connectivity index (χ0v) is 62.8. The maximum atomic E-state index is 14.0. The fraction of sp³-hybridized carbons (Fsp3) is 0.417. The number of rotatable bonds is 18. The molecule has 3 fully saturated rings. The molecular weight excluding hydrogens is 1560 g/mol. The van der Waals surface area contributed by atoms with Crippen molar-refractivity contribution in [1.29, 1.82) is 0 Å². The van der Waals surface area contributed by atoms with Gasteiger partial charge in [-0.2, -0.15) is 39.5 Å². The molecule has 9 heterocycles. The molecule has 0 aliphatic carbocycles. The first-order valence-corrected chi connectivity index (χ1v) is 42.0. The molecule has 2 N–H and O–H groups in total. The number of alkyl halides is 13. The molecule has 9 aromatic rings. The van der Waals surface area contributed by atoms with Gasteiger partial charge in [-0.3, -0.25) is 28.8 Å². The molecule has 0 bridgehead atoms. The Balaban J connectivity index is 0.000000178. The van der Waals surface area contributed by atoms with Crippen LogP contribution in [-0.4, -0.2) is 165 Å². The summed E-state index contributed by atoms with van der Waals surface area (Å²) in [6.45, 7) is 13.6. The number of halogens is 16. The lowest BCUT2D eigenvalue weighted by atomic mass is 10.0. The minimum Gasteiger partial charge on any atom is -0.417 e. The van der Waals surface area contributed by atoms with Gasteiger partial charge in [0, 0.05) is 98.5 Å². The molecule has 18 nitrogen and oxygen atoms in total. The number of nitrogens with zero attached hydrogens (tertiary/aromatic N) is 8. The van der Waals surface area contributed by atoms with Crippen LogP contribution in [0.25, 0.3) is 66.1 Å². The van der Waals surface area contributed by atoms with Crippen molar-refractivity contribution in [3.63, 3.8) is 0 Å². The summed E-state index contributed by atoms with van der Waals surface area (Å²) in [6.07, 6.45) is -8.83. The van der Waals surface area contributed by atoms with Crippen LogP contribution in [0.2, 0.25) is 39.3 Å². The zero-order chi connectivity index (χ0) is 79.3. The van der Waals surface area contributed by atoms with Gasteiger partial charge in [0.15, 0.2) is 16.6 Å². The first kappa shape index (κ1) is 83.3. The Morgan fingerprint density at radius 2 is 0.833 bits per heavy atom. The number of fused-ring (bicyclic) bond motifs is 3. The van der Waals surface area contributed by atoms with Crippen molar-refractivity contribution in [2.75, 3.05) is 64.4 Å². The van der Waals surface area contributed by atoms with Crippen molar-refractivity contribution in [3.8, 4) is 33.4 Å². The van der Waals surface area contributed by atoms with E-state index in [1.54, 1.807) is 16.8 Å². The molecule has 0 saturated carbocycles. The summed E-state index contributed by atoms with van der Waals surface area (Å²) in [5.41, 5.74) is -4.55. The smallest absolute Gasteiger partial charge is 0.417 e. The van der Waals surface area contributed by atoms with Crippen LogP contribution in [0, 0.1) is 17.5 Å². The lowest BCUT2D eigenvalue weighted by Crippen LogP contribution is -2.35. The number of carbonyl (C=O) groups is 3. The van der Waals surface area contributed by atoms with E-state index < -0.39 is 122 Å². The van der Waals surface area contributed by atoms with Gasteiger partial charge in [-0.15, -0.1) is 0 Å². The summed E-state index contributed by atoms with van der Waals surface area (Å²) in [5, 5.41) is 10.5. The van der Waals surface area contributed by atoms with Crippen LogP contribution in [0.15, 0.2) is 124 Å². The third-order valence-electron chi connectivity index (χ3n) is 17.8. The van der Waals surface area contributed by atoms with Crippen molar-refractivity contribution in [3.05, 3.63) is 175 Å². The molecule has 6 aromatic heterocycles. The molecule has 584 valence electrons. The van der Waals surface area contributed by atoms with Gasteiger partial charge in [0.05, 0.1) is 82.2 Å². The van der Waals surface area contributed by atoms with Crippen LogP contribution in [0.1, 0.15) is 36.0 Å². The van der Waals surface area contributed by atoms with E-state index in [0.717, 1.165) is 43.8 Å². The van der Waals surface area contributed by atoms with E-state index in [-0.39, 0.29) is 141 Å². The summed E-state index contributed by atoms with van der Waals surface area (Å²) in [7, 11) is -3.05. The number of hydrogen-bond acceptors (Lipinski definition) is 9. The zero-order valence-electron chi connectivity index (χ0n) is 59.2. The highest BCUT2D eigenvalue weighted by Gasteiger charge is 2.38. The third kappa shape index (κ3) is 20.4. The number of hydrogen-bond donors (Lipinski definition) is 2. The Morgan fingerprint density at radius 3 is 1.16 bits per heavy atom. The number of aliphatic hydroxyl groups is 1. The topological polar surface area (TPSA) is 191 Å². The maximum Gasteiger partial charge on any atom is 0.419 e. The van der Waals surface area contributed by atoms with Gasteiger partial charge in [-0.25, -0.2) is 26.3 Å². The number of aromatic amines is 1. The van der Waals surface area contributed by atoms with E-state index in [1.165, 1.54) is 68.5 Å². The second-order valence-corrected chi connectivity index (χ2v) is 37.6. The lowest BCUT2D eigenvalue weighted by Gasteiger charge is -2.18. The number of H-pyrrole nitrogens is 1. The van der Waals surface area contributed by atoms with Gasteiger partial charge in [-0.05, 0) is 130 Å². The lowest BCUT2D eigenvalue weighted by molar-refractivity contribution is -0.140. The number of likely N-dealkylation sites (tertiary alicyclic amines) is 3. The molecule has 3 unspecified atom stereocenters. The number of aliphatic hydroxyl groups excluding tert-OH is 1. The molecule has 3 amide bonds. The third-order valence-corrected chi connectivity index (χ3v) is 20.2. The highest BCUT2D eigenvalue weighted by molar-refractivity contribution is 9.09. The number of aromatic nitrogens is 6. The molecule has 3 aliphatic heterocycles. The predicted molar refractivity (Wildman–Crippen MR) is 384 cm³/mol. The fourth-order valence-electron chi connectivity index (χ4n) is 12.5. The normalized spacial score (nSPS) is 16.4. The maximum absolute atomic E-state index is 14.0. The SMILES string of the molecule is C[Si](C)(C)OCCBr.C[Si](C)(C)OCCn1cc(-c2ccc(F)c(C(F)(F)F)c2)c2c(=O)n(CC(=O)N3CCC(F)C3)ccc21.O=C(Cn1ccc2[nH]cc(-c3ccc(F)c(C(F)(F)F)c3)c2c1=O)N1CCC(F)C1.O=C(Cn1ccc2c(c(-c3ccc(F)c(C(F)(F)F)c3)cn2CCO)c1=O)N1CCC(F)C1. The minimum atomic E-state index is -4.93. The summed E-state index contributed by atoms with van der Waals surface area (Å²) in [5.74, 6) is -5.56. The number of amides is 3. The Morgan fingerprint density at radius 1 is 0.491 bits per heavy atom. The van der Waals surface area contributed by atoms with E-state index in [4.69, 9.17) is 8.85 Å².